The smallest absolute Gasteiger partial charge is 0.150 e. The summed E-state index contributed by atoms with van der Waals surface area (Å²) >= 11 is 12.1. The summed E-state index contributed by atoms with van der Waals surface area (Å²) in [5, 5.41) is 1.66. The number of hydrogen-bond acceptors (Lipinski definition) is 2. The van der Waals surface area contributed by atoms with E-state index in [-0.39, 0.29) is 5.41 Å². The van der Waals surface area contributed by atoms with Crippen LogP contribution >= 0.6 is 23.2 Å². The van der Waals surface area contributed by atoms with Crippen LogP contribution in [0.15, 0.2) is 18.2 Å². The Hall–Kier alpha value is -1.12. The number of aldehydes is 1. The predicted octanol–water partition coefficient (Wildman–Crippen LogP) is 4.65. The Bertz CT molecular complexity index is 630. The first-order valence-electron chi connectivity index (χ1n) is 5.58. The Balaban J connectivity index is 2.88. The third-order valence-corrected chi connectivity index (χ3v) is 3.27. The molecule has 4 heteroatoms. The topological polar surface area (TPSA) is 30.0 Å². The summed E-state index contributed by atoms with van der Waals surface area (Å²) in [6.07, 6.45) is 0.811. The van der Waals surface area contributed by atoms with Crippen molar-refractivity contribution in [3.8, 4) is 0 Å². The molecule has 0 aliphatic rings. The first-order chi connectivity index (χ1) is 8.32. The highest BCUT2D eigenvalue weighted by Gasteiger charge is 2.19. The number of benzene rings is 1. The molecule has 0 N–H and O–H groups in total. The first-order valence-corrected chi connectivity index (χ1v) is 6.34. The third kappa shape index (κ3) is 2.36. The van der Waals surface area contributed by atoms with Crippen LogP contribution in [-0.4, -0.2) is 11.3 Å². The van der Waals surface area contributed by atoms with Gasteiger partial charge < -0.3 is 0 Å². The van der Waals surface area contributed by atoms with Crippen LogP contribution in [0.2, 0.25) is 10.0 Å². The lowest BCUT2D eigenvalue weighted by Crippen LogP contribution is -2.14. The monoisotopic (exact) mass is 281 g/mol. The Kier molecular flexibility index (Phi) is 3.35. The molecule has 94 valence electrons. The van der Waals surface area contributed by atoms with Crippen molar-refractivity contribution < 1.29 is 4.79 Å². The fourth-order valence-corrected chi connectivity index (χ4v) is 2.29. The molecule has 0 aliphatic heterocycles. The van der Waals surface area contributed by atoms with E-state index in [1.807, 2.05) is 20.8 Å². The van der Waals surface area contributed by atoms with Crippen LogP contribution in [0, 0.1) is 0 Å². The molecule has 0 amide bonds. The SMILES string of the molecule is CC(C)(C)c1cc(C=O)c2cc(Cl)cc(Cl)c2n1. The minimum absolute atomic E-state index is 0.144. The van der Waals surface area contributed by atoms with E-state index < -0.39 is 0 Å². The molecule has 1 aromatic carbocycles. The van der Waals surface area contributed by atoms with Crippen molar-refractivity contribution in [1.29, 1.82) is 0 Å². The maximum absolute atomic E-state index is 11.2. The molecule has 0 spiro atoms. The average molecular weight is 282 g/mol. The molecular formula is C14H13Cl2NO. The van der Waals surface area contributed by atoms with Crippen LogP contribution in [0.4, 0.5) is 0 Å². The number of fused-ring (bicyclic) bond motifs is 1. The van der Waals surface area contributed by atoms with Crippen molar-refractivity contribution in [2.24, 2.45) is 0 Å². The summed E-state index contributed by atoms with van der Waals surface area (Å²) in [5.74, 6) is 0. The number of halogens is 2. The van der Waals surface area contributed by atoms with Crippen molar-refractivity contribution in [3.63, 3.8) is 0 Å². The molecule has 2 rings (SSSR count). The molecule has 0 saturated heterocycles. The summed E-state index contributed by atoms with van der Waals surface area (Å²) < 4.78 is 0. The standard InChI is InChI=1S/C14H13Cl2NO/c1-14(2,3)12-4-8(7-18)10-5-9(15)6-11(16)13(10)17-12/h4-7H,1-3H3. The molecule has 0 radical (unpaired) electrons. The van der Waals surface area contributed by atoms with Gasteiger partial charge in [0.05, 0.1) is 10.5 Å². The number of aromatic nitrogens is 1. The van der Waals surface area contributed by atoms with Gasteiger partial charge in [-0.2, -0.15) is 0 Å². The van der Waals surface area contributed by atoms with Gasteiger partial charge in [-0.25, -0.2) is 0 Å². The first kappa shape index (κ1) is 13.3. The summed E-state index contributed by atoms with van der Waals surface area (Å²) in [7, 11) is 0. The molecule has 0 bridgehead atoms. The second-order valence-corrected chi connectivity index (χ2v) is 6.09. The van der Waals surface area contributed by atoms with Crippen LogP contribution in [0.5, 0.6) is 0 Å². The Morgan fingerprint density at radius 3 is 2.39 bits per heavy atom. The molecule has 0 unspecified atom stereocenters. The molecule has 0 atom stereocenters. The zero-order valence-electron chi connectivity index (χ0n) is 10.4. The largest absolute Gasteiger partial charge is 0.298 e. The molecule has 1 heterocycles. The average Bonchev–Trinajstić information content (AvgIpc) is 2.26. The van der Waals surface area contributed by atoms with Crippen LogP contribution in [0.1, 0.15) is 36.8 Å². The van der Waals surface area contributed by atoms with Crippen molar-refractivity contribution in [2.45, 2.75) is 26.2 Å². The zero-order chi connectivity index (χ0) is 13.5. The Morgan fingerprint density at radius 2 is 1.83 bits per heavy atom. The van der Waals surface area contributed by atoms with Crippen molar-refractivity contribution in [1.82, 2.24) is 4.98 Å². The van der Waals surface area contributed by atoms with Gasteiger partial charge in [-0.05, 0) is 18.2 Å². The maximum Gasteiger partial charge on any atom is 0.150 e. The van der Waals surface area contributed by atoms with Gasteiger partial charge >= 0.3 is 0 Å². The summed E-state index contributed by atoms with van der Waals surface area (Å²) in [4.78, 5) is 15.8. The molecule has 0 saturated carbocycles. The highest BCUT2D eigenvalue weighted by Crippen LogP contribution is 2.31. The number of nitrogens with zero attached hydrogens (tertiary/aromatic N) is 1. The lowest BCUT2D eigenvalue weighted by molar-refractivity contribution is 0.112. The molecule has 0 aliphatic carbocycles. The minimum atomic E-state index is -0.144. The van der Waals surface area contributed by atoms with E-state index in [2.05, 4.69) is 4.98 Å². The molecule has 2 nitrogen and oxygen atoms in total. The van der Waals surface area contributed by atoms with Crippen molar-refractivity contribution in [3.05, 3.63) is 39.5 Å². The highest BCUT2D eigenvalue weighted by molar-refractivity contribution is 6.38. The second kappa shape index (κ2) is 4.52. The third-order valence-electron chi connectivity index (χ3n) is 2.76. The fourth-order valence-electron chi connectivity index (χ4n) is 1.76. The normalized spacial score (nSPS) is 11.8. The minimum Gasteiger partial charge on any atom is -0.298 e. The lowest BCUT2D eigenvalue weighted by Gasteiger charge is -2.19. The zero-order valence-corrected chi connectivity index (χ0v) is 11.9. The Morgan fingerprint density at radius 1 is 1.17 bits per heavy atom. The summed E-state index contributed by atoms with van der Waals surface area (Å²) in [6.45, 7) is 6.12. The highest BCUT2D eigenvalue weighted by atomic mass is 35.5. The van der Waals surface area contributed by atoms with Gasteiger partial charge in [0.1, 0.15) is 0 Å². The van der Waals surface area contributed by atoms with Crippen LogP contribution in [0.3, 0.4) is 0 Å². The number of carbonyl (C=O) groups excluding carboxylic acids is 1. The van der Waals surface area contributed by atoms with Gasteiger partial charge in [0, 0.05) is 27.1 Å². The number of hydrogen-bond donors (Lipinski definition) is 0. The number of carbonyl (C=O) groups is 1. The second-order valence-electron chi connectivity index (χ2n) is 5.25. The van der Waals surface area contributed by atoms with Gasteiger partial charge in [-0.1, -0.05) is 44.0 Å². The van der Waals surface area contributed by atoms with E-state index in [0.717, 1.165) is 12.0 Å². The van der Waals surface area contributed by atoms with Gasteiger partial charge in [0.15, 0.2) is 6.29 Å². The van der Waals surface area contributed by atoms with E-state index >= 15 is 0 Å². The van der Waals surface area contributed by atoms with Crippen LogP contribution < -0.4 is 0 Å². The van der Waals surface area contributed by atoms with Crippen molar-refractivity contribution >= 4 is 40.4 Å². The summed E-state index contributed by atoms with van der Waals surface area (Å²) in [6, 6.07) is 5.15. The van der Waals surface area contributed by atoms with Gasteiger partial charge in [0.2, 0.25) is 0 Å². The van der Waals surface area contributed by atoms with E-state index in [4.69, 9.17) is 23.2 Å². The van der Waals surface area contributed by atoms with Crippen molar-refractivity contribution in [2.75, 3.05) is 0 Å². The van der Waals surface area contributed by atoms with E-state index in [1.165, 1.54) is 0 Å². The number of pyridine rings is 1. The predicted molar refractivity (Wildman–Crippen MR) is 75.9 cm³/mol. The maximum atomic E-state index is 11.2. The van der Waals surface area contributed by atoms with Gasteiger partial charge in [0.25, 0.3) is 0 Å². The molecule has 18 heavy (non-hydrogen) atoms. The molecule has 1 aromatic heterocycles. The van der Waals surface area contributed by atoms with Crippen LogP contribution in [0.25, 0.3) is 10.9 Å². The van der Waals surface area contributed by atoms with Crippen LogP contribution in [-0.2, 0) is 5.41 Å². The summed E-state index contributed by atoms with van der Waals surface area (Å²) in [5.41, 5.74) is 1.88. The fraction of sp³-hybridized carbons (Fsp3) is 0.286. The molecular weight excluding hydrogens is 269 g/mol. The molecule has 2 aromatic rings. The van der Waals surface area contributed by atoms with E-state index in [9.17, 15) is 4.79 Å². The van der Waals surface area contributed by atoms with Gasteiger partial charge in [-0.3, -0.25) is 9.78 Å². The Labute approximate surface area is 116 Å². The van der Waals surface area contributed by atoms with E-state index in [1.54, 1.807) is 18.2 Å². The number of rotatable bonds is 1. The lowest BCUT2D eigenvalue weighted by atomic mass is 9.90. The van der Waals surface area contributed by atoms with E-state index in [0.29, 0.717) is 26.5 Å². The van der Waals surface area contributed by atoms with Gasteiger partial charge in [-0.15, -0.1) is 0 Å². The molecule has 0 fully saturated rings. The quantitative estimate of drug-likeness (QED) is 0.712.